The fourth-order valence-corrected chi connectivity index (χ4v) is 15.9. The number of rotatable bonds is 96. The van der Waals surface area contributed by atoms with Crippen molar-refractivity contribution in [1.82, 2.24) is 0 Å². The van der Waals surface area contributed by atoms with Gasteiger partial charge in [0.15, 0.2) is 0 Å². The fraction of sp³-hybridized carbons (Fsp3) is 0.936. The summed E-state index contributed by atoms with van der Waals surface area (Å²) in [6.07, 6.45) is 121. The summed E-state index contributed by atoms with van der Waals surface area (Å²) in [5, 5.41) is 58.5. The van der Waals surface area contributed by atoms with Crippen LogP contribution in [0.4, 0.5) is 0 Å². The first kappa shape index (κ1) is 133. The first-order valence-electron chi connectivity index (χ1n) is 54.9. The van der Waals surface area contributed by atoms with Crippen molar-refractivity contribution in [3.05, 3.63) is 0 Å². The highest BCUT2D eigenvalue weighted by atomic mass is 16.4. The van der Waals surface area contributed by atoms with Crippen LogP contribution in [0, 0.1) is 0 Å². The second kappa shape index (κ2) is 130. The Morgan fingerprint density at radius 2 is 0.161 bits per heavy atom. The summed E-state index contributed by atoms with van der Waals surface area (Å²) in [7, 11) is 0. The molecule has 0 fully saturated rings. The first-order valence-corrected chi connectivity index (χ1v) is 54.9. The minimum absolute atomic E-state index is 0.345. The Kier molecular flexibility index (Phi) is 140. The molecule has 0 saturated carbocycles. The standard InChI is InChI=1S/6C18H36O2.C2H4O2/c6*1-2-3-4-5-6-7-8-9-10-11-12-13-14-15-16-17-18(19)20;1-2(3)4/h6*2-17H2,1H3,(H,19,20);1H3,(H,3,4). The van der Waals surface area contributed by atoms with Crippen LogP contribution in [0.15, 0.2) is 0 Å². The quantitative estimate of drug-likeness (QED) is 0.0280. The lowest BCUT2D eigenvalue weighted by Crippen LogP contribution is -1.93. The molecule has 0 aromatic heterocycles. The van der Waals surface area contributed by atoms with Gasteiger partial charge in [0, 0.05) is 45.4 Å². The summed E-state index contributed by atoms with van der Waals surface area (Å²) < 4.78 is 0. The second-order valence-electron chi connectivity index (χ2n) is 37.1. The van der Waals surface area contributed by atoms with E-state index >= 15 is 0 Å². The van der Waals surface area contributed by atoms with Gasteiger partial charge in [-0.15, -0.1) is 0 Å². The Balaban J connectivity index is -0.000000262. The maximum Gasteiger partial charge on any atom is 0.303 e. The van der Waals surface area contributed by atoms with Crippen LogP contribution in [-0.4, -0.2) is 77.5 Å². The normalized spacial score (nSPS) is 10.7. The fourth-order valence-electron chi connectivity index (χ4n) is 15.9. The van der Waals surface area contributed by atoms with E-state index < -0.39 is 41.8 Å². The molecule has 744 valence electrons. The van der Waals surface area contributed by atoms with Crippen molar-refractivity contribution >= 4 is 41.8 Å². The van der Waals surface area contributed by atoms with Crippen LogP contribution in [0.5, 0.6) is 0 Å². The predicted octanol–water partition coefficient (Wildman–Crippen LogP) is 38.1. The maximum atomic E-state index is 10.3. The van der Waals surface area contributed by atoms with Gasteiger partial charge in [-0.3, -0.25) is 33.6 Å². The lowest BCUT2D eigenvalue weighted by molar-refractivity contribution is -0.138. The van der Waals surface area contributed by atoms with Gasteiger partial charge >= 0.3 is 35.8 Å². The number of hydrogen-bond donors (Lipinski definition) is 7. The van der Waals surface area contributed by atoms with Gasteiger partial charge in [-0.05, 0) is 38.5 Å². The molecular formula is C110H220O14. The Labute approximate surface area is 771 Å². The van der Waals surface area contributed by atoms with Crippen molar-refractivity contribution in [2.24, 2.45) is 0 Å². The molecule has 0 aliphatic carbocycles. The number of aliphatic carboxylic acids is 7. The molecule has 0 unspecified atom stereocenters. The van der Waals surface area contributed by atoms with Gasteiger partial charge in [0.25, 0.3) is 5.97 Å². The van der Waals surface area contributed by atoms with Crippen LogP contribution in [0.25, 0.3) is 0 Å². The van der Waals surface area contributed by atoms with Gasteiger partial charge in [0.1, 0.15) is 0 Å². The van der Waals surface area contributed by atoms with Gasteiger partial charge < -0.3 is 35.7 Å². The third-order valence-electron chi connectivity index (χ3n) is 24.0. The predicted molar refractivity (Wildman–Crippen MR) is 536 cm³/mol. The molecule has 0 bridgehead atoms. The molecule has 0 atom stereocenters. The highest BCUT2D eigenvalue weighted by molar-refractivity contribution is 5.68. The van der Waals surface area contributed by atoms with E-state index in [1.165, 1.54) is 501 Å². The average molecular weight is 1770 g/mol. The molecule has 0 amide bonds. The Morgan fingerprint density at radius 3 is 0.210 bits per heavy atom. The van der Waals surface area contributed by atoms with E-state index in [-0.39, 0.29) is 0 Å². The van der Waals surface area contributed by atoms with Crippen LogP contribution in [0.1, 0.15) is 665 Å². The zero-order valence-electron chi connectivity index (χ0n) is 84.4. The third-order valence-corrected chi connectivity index (χ3v) is 24.0. The van der Waals surface area contributed by atoms with Crippen LogP contribution in [-0.2, 0) is 33.6 Å². The highest BCUT2D eigenvalue weighted by Crippen LogP contribution is 2.22. The van der Waals surface area contributed by atoms with Gasteiger partial charge in [-0.1, -0.05) is 581 Å². The highest BCUT2D eigenvalue weighted by Gasteiger charge is 2.05. The van der Waals surface area contributed by atoms with Crippen LogP contribution in [0.3, 0.4) is 0 Å². The summed E-state index contributed by atoms with van der Waals surface area (Å²) in [5.41, 5.74) is 0. The summed E-state index contributed by atoms with van der Waals surface area (Å²) in [4.78, 5) is 71.0. The lowest BCUT2D eigenvalue weighted by Gasteiger charge is -2.03. The van der Waals surface area contributed by atoms with Crippen molar-refractivity contribution in [3.8, 4) is 0 Å². The Hall–Kier alpha value is -3.71. The number of carboxylic acid groups (broad SMARTS) is 7. The zero-order chi connectivity index (χ0) is 92.9. The number of carboxylic acids is 7. The molecule has 0 aliphatic heterocycles. The summed E-state index contributed by atoms with van der Waals surface area (Å²) in [6, 6.07) is 0. The van der Waals surface area contributed by atoms with E-state index in [1.807, 2.05) is 0 Å². The monoisotopic (exact) mass is 1770 g/mol. The molecule has 7 N–H and O–H groups in total. The van der Waals surface area contributed by atoms with E-state index in [1.54, 1.807) is 0 Å². The van der Waals surface area contributed by atoms with Crippen LogP contribution < -0.4 is 0 Å². The van der Waals surface area contributed by atoms with Gasteiger partial charge in [-0.2, -0.15) is 0 Å². The van der Waals surface area contributed by atoms with E-state index in [4.69, 9.17) is 40.5 Å². The maximum absolute atomic E-state index is 10.3. The van der Waals surface area contributed by atoms with Gasteiger partial charge in [-0.25, -0.2) is 0 Å². The molecular weight excluding hydrogens is 1550 g/mol. The minimum Gasteiger partial charge on any atom is -0.481 e. The molecule has 0 radical (unpaired) electrons. The van der Waals surface area contributed by atoms with Gasteiger partial charge in [0.05, 0.1) is 0 Å². The molecule has 0 aromatic carbocycles. The molecule has 0 spiro atoms. The smallest absolute Gasteiger partial charge is 0.303 e. The van der Waals surface area contributed by atoms with E-state index in [9.17, 15) is 28.8 Å². The summed E-state index contributed by atoms with van der Waals surface area (Å²) in [5.74, 6) is -4.75. The minimum atomic E-state index is -0.833. The molecule has 0 rings (SSSR count). The van der Waals surface area contributed by atoms with Crippen LogP contribution in [0.2, 0.25) is 0 Å². The van der Waals surface area contributed by atoms with Crippen molar-refractivity contribution in [2.75, 3.05) is 0 Å². The molecule has 124 heavy (non-hydrogen) atoms. The molecule has 0 aromatic rings. The number of carbonyl (C=O) groups is 7. The van der Waals surface area contributed by atoms with Crippen molar-refractivity contribution in [1.29, 1.82) is 0 Å². The zero-order valence-corrected chi connectivity index (χ0v) is 84.4. The van der Waals surface area contributed by atoms with Crippen LogP contribution >= 0.6 is 0 Å². The molecule has 14 nitrogen and oxygen atoms in total. The Morgan fingerprint density at radius 1 is 0.113 bits per heavy atom. The number of unbranched alkanes of at least 4 members (excludes halogenated alkanes) is 84. The first-order chi connectivity index (χ1) is 60.4. The van der Waals surface area contributed by atoms with E-state index in [2.05, 4.69) is 41.5 Å². The second-order valence-corrected chi connectivity index (χ2v) is 37.1. The lowest BCUT2D eigenvalue weighted by atomic mass is 10.0. The van der Waals surface area contributed by atoms with Crippen molar-refractivity contribution < 1.29 is 69.3 Å². The SMILES string of the molecule is CC(=O)O.CCCCCCCCCCCCCCCCCC(=O)O.CCCCCCCCCCCCCCCCCC(=O)O.CCCCCCCCCCCCCCCCCC(=O)O.CCCCCCCCCCCCCCCCCC(=O)O.CCCCCCCCCCCCCCCCCC(=O)O.CCCCCCCCCCCCCCCCCC(=O)O. The molecule has 0 aliphatic rings. The van der Waals surface area contributed by atoms with Crippen molar-refractivity contribution in [2.45, 2.75) is 665 Å². The average Bonchev–Trinajstić information content (AvgIpc) is 1.22. The van der Waals surface area contributed by atoms with Crippen molar-refractivity contribution in [3.63, 3.8) is 0 Å². The Bertz CT molecular complexity index is 1650. The topological polar surface area (TPSA) is 261 Å². The molecule has 0 saturated heterocycles. The van der Waals surface area contributed by atoms with E-state index in [0.29, 0.717) is 38.5 Å². The van der Waals surface area contributed by atoms with Gasteiger partial charge in [0.2, 0.25) is 0 Å². The number of hydrogen-bond acceptors (Lipinski definition) is 7. The largest absolute Gasteiger partial charge is 0.481 e. The molecule has 0 heterocycles. The summed E-state index contributed by atoms with van der Waals surface area (Å²) in [6.45, 7) is 14.7. The summed E-state index contributed by atoms with van der Waals surface area (Å²) >= 11 is 0. The molecule has 14 heteroatoms. The third kappa shape index (κ3) is 168. The van der Waals surface area contributed by atoms with E-state index in [0.717, 1.165) is 84.0 Å².